The molecule has 0 bridgehead atoms. The number of piperidine rings is 2. The summed E-state index contributed by atoms with van der Waals surface area (Å²) in [5.74, 6) is 2.49. The van der Waals surface area contributed by atoms with Gasteiger partial charge in [0.2, 0.25) is 0 Å². The van der Waals surface area contributed by atoms with Crippen molar-refractivity contribution in [1.82, 2.24) is 19.8 Å². The van der Waals surface area contributed by atoms with Crippen molar-refractivity contribution < 1.29 is 9.53 Å². The number of amides is 1. The van der Waals surface area contributed by atoms with Crippen LogP contribution in [0.3, 0.4) is 0 Å². The summed E-state index contributed by atoms with van der Waals surface area (Å²) in [5, 5.41) is 1.15. The van der Waals surface area contributed by atoms with Gasteiger partial charge >= 0.3 is 6.09 Å². The van der Waals surface area contributed by atoms with Crippen molar-refractivity contribution >= 4 is 61.3 Å². The van der Waals surface area contributed by atoms with Gasteiger partial charge in [-0.3, -0.25) is 0 Å². The molecule has 0 N–H and O–H groups in total. The van der Waals surface area contributed by atoms with Gasteiger partial charge < -0.3 is 19.4 Å². The van der Waals surface area contributed by atoms with E-state index in [0.717, 1.165) is 92.0 Å². The molecule has 0 unspecified atom stereocenters. The first-order chi connectivity index (χ1) is 16.9. The molecular formula is C27H37BrIN5O2. The number of nitrogens with zero attached hydrogens (tertiary/aromatic N) is 5. The van der Waals surface area contributed by atoms with E-state index in [4.69, 9.17) is 14.7 Å². The lowest BCUT2D eigenvalue weighted by molar-refractivity contribution is -0.0434. The van der Waals surface area contributed by atoms with Crippen LogP contribution in [-0.2, 0) is 4.74 Å². The van der Waals surface area contributed by atoms with E-state index in [9.17, 15) is 4.79 Å². The van der Waals surface area contributed by atoms with Gasteiger partial charge in [-0.2, -0.15) is 0 Å². The number of fused-ring (bicyclic) bond motifs is 1. The molecule has 1 spiro atoms. The number of aromatic nitrogens is 2. The third kappa shape index (κ3) is 5.21. The van der Waals surface area contributed by atoms with Crippen LogP contribution < -0.4 is 4.90 Å². The normalized spacial score (nSPS) is 21.2. The SMILES string of the molecule is Cc1c(Br)c(I)cc2c(N3CCC4(CC3)CN(C(=O)OC(C)(C)C)C4)nc(C3CCN(C)CC3)nc12. The Hall–Kier alpha value is -1.20. The fourth-order valence-corrected chi connectivity index (χ4v) is 6.80. The molecule has 5 rings (SSSR count). The predicted molar refractivity (Wildman–Crippen MR) is 156 cm³/mol. The van der Waals surface area contributed by atoms with Gasteiger partial charge in [0.05, 0.1) is 5.52 Å². The van der Waals surface area contributed by atoms with Gasteiger partial charge in [-0.05, 0) is 124 Å². The second-order valence-electron chi connectivity index (χ2n) is 12.0. The molecule has 1 aromatic carbocycles. The van der Waals surface area contributed by atoms with Gasteiger partial charge in [-0.15, -0.1) is 0 Å². The van der Waals surface area contributed by atoms with Gasteiger partial charge in [-0.25, -0.2) is 14.8 Å². The second-order valence-corrected chi connectivity index (χ2v) is 14.0. The summed E-state index contributed by atoms with van der Waals surface area (Å²) in [6, 6.07) is 2.23. The maximum absolute atomic E-state index is 12.5. The molecule has 9 heteroatoms. The number of hydrogen-bond acceptors (Lipinski definition) is 6. The van der Waals surface area contributed by atoms with E-state index in [0.29, 0.717) is 5.92 Å². The Morgan fingerprint density at radius 3 is 2.39 bits per heavy atom. The van der Waals surface area contributed by atoms with Crippen LogP contribution >= 0.6 is 38.5 Å². The third-order valence-electron chi connectivity index (χ3n) is 8.02. The zero-order chi connectivity index (χ0) is 25.8. The average molecular weight is 670 g/mol. The lowest BCUT2D eigenvalue weighted by atomic mass is 9.72. The molecule has 0 radical (unpaired) electrons. The number of benzene rings is 1. The highest BCUT2D eigenvalue weighted by Crippen LogP contribution is 2.43. The average Bonchev–Trinajstić information content (AvgIpc) is 2.80. The Kier molecular flexibility index (Phi) is 7.22. The molecule has 7 nitrogen and oxygen atoms in total. The minimum absolute atomic E-state index is 0.184. The zero-order valence-electron chi connectivity index (χ0n) is 22.0. The summed E-state index contributed by atoms with van der Waals surface area (Å²) in [5.41, 5.74) is 2.02. The van der Waals surface area contributed by atoms with Crippen LogP contribution in [0.5, 0.6) is 0 Å². The molecule has 3 fully saturated rings. The Labute approximate surface area is 236 Å². The minimum Gasteiger partial charge on any atom is -0.444 e. The van der Waals surface area contributed by atoms with E-state index >= 15 is 0 Å². The maximum atomic E-state index is 12.5. The van der Waals surface area contributed by atoms with Crippen molar-refractivity contribution in [3.05, 3.63) is 25.5 Å². The molecule has 1 amide bonds. The monoisotopic (exact) mass is 669 g/mol. The van der Waals surface area contributed by atoms with Crippen LogP contribution in [0.1, 0.15) is 63.8 Å². The fraction of sp³-hybridized carbons (Fsp3) is 0.667. The Morgan fingerprint density at radius 2 is 1.78 bits per heavy atom. The van der Waals surface area contributed by atoms with Gasteiger partial charge in [0, 0.05) is 50.9 Å². The Morgan fingerprint density at radius 1 is 1.14 bits per heavy atom. The first-order valence-corrected chi connectivity index (χ1v) is 14.9. The lowest BCUT2D eigenvalue weighted by Crippen LogP contribution is -2.62. The smallest absolute Gasteiger partial charge is 0.410 e. The fourth-order valence-electron chi connectivity index (χ4n) is 5.78. The molecule has 36 heavy (non-hydrogen) atoms. The van der Waals surface area contributed by atoms with Gasteiger partial charge in [0.15, 0.2) is 0 Å². The molecule has 0 saturated carbocycles. The summed E-state index contributed by atoms with van der Waals surface area (Å²) in [6.07, 6.45) is 4.16. The maximum Gasteiger partial charge on any atom is 0.410 e. The molecule has 196 valence electrons. The van der Waals surface area contributed by atoms with Crippen LogP contribution in [-0.4, -0.2) is 77.8 Å². The molecule has 1 aromatic heterocycles. The number of halogens is 2. The van der Waals surface area contributed by atoms with Crippen LogP contribution in [0.2, 0.25) is 0 Å². The topological polar surface area (TPSA) is 61.8 Å². The molecular weight excluding hydrogens is 633 g/mol. The van der Waals surface area contributed by atoms with Crippen LogP contribution in [0, 0.1) is 15.9 Å². The van der Waals surface area contributed by atoms with Gasteiger partial charge in [0.25, 0.3) is 0 Å². The highest BCUT2D eigenvalue weighted by atomic mass is 127. The van der Waals surface area contributed by atoms with Crippen molar-refractivity contribution in [2.75, 3.05) is 51.2 Å². The van der Waals surface area contributed by atoms with Crippen molar-refractivity contribution in [2.45, 2.75) is 64.9 Å². The second kappa shape index (κ2) is 9.84. The summed E-state index contributed by atoms with van der Waals surface area (Å²) in [7, 11) is 2.19. The number of carbonyl (C=O) groups excluding carboxylic acids is 1. The Bertz CT molecular complexity index is 1160. The van der Waals surface area contributed by atoms with E-state index in [2.05, 4.69) is 68.4 Å². The molecule has 0 atom stereocenters. The number of rotatable bonds is 2. The van der Waals surface area contributed by atoms with Crippen molar-refractivity contribution in [2.24, 2.45) is 5.41 Å². The number of hydrogen-bond donors (Lipinski definition) is 0. The summed E-state index contributed by atoms with van der Waals surface area (Å²) >= 11 is 6.19. The van der Waals surface area contributed by atoms with E-state index < -0.39 is 5.60 Å². The van der Waals surface area contributed by atoms with Crippen LogP contribution in [0.15, 0.2) is 10.5 Å². The highest BCUT2D eigenvalue weighted by molar-refractivity contribution is 14.1. The first kappa shape index (κ1) is 26.4. The highest BCUT2D eigenvalue weighted by Gasteiger charge is 2.48. The number of likely N-dealkylation sites (tertiary alicyclic amines) is 2. The number of carbonyl (C=O) groups is 1. The van der Waals surface area contributed by atoms with Crippen molar-refractivity contribution in [3.63, 3.8) is 0 Å². The number of ether oxygens (including phenoxy) is 1. The molecule has 0 aliphatic carbocycles. The largest absolute Gasteiger partial charge is 0.444 e. The predicted octanol–water partition coefficient (Wildman–Crippen LogP) is 5.95. The van der Waals surface area contributed by atoms with Crippen LogP contribution in [0.4, 0.5) is 10.6 Å². The summed E-state index contributed by atoms with van der Waals surface area (Å²) in [6.45, 7) is 13.6. The molecule has 3 saturated heterocycles. The number of aryl methyl sites for hydroxylation is 1. The van der Waals surface area contributed by atoms with E-state index in [-0.39, 0.29) is 11.5 Å². The summed E-state index contributed by atoms with van der Waals surface area (Å²) < 4.78 is 7.89. The molecule has 3 aliphatic heterocycles. The molecule has 2 aromatic rings. The van der Waals surface area contributed by atoms with Crippen molar-refractivity contribution in [1.29, 1.82) is 0 Å². The molecule has 4 heterocycles. The van der Waals surface area contributed by atoms with Gasteiger partial charge in [0.1, 0.15) is 17.2 Å². The van der Waals surface area contributed by atoms with Gasteiger partial charge in [-0.1, -0.05) is 0 Å². The van der Waals surface area contributed by atoms with E-state index in [1.807, 2.05) is 25.7 Å². The number of anilines is 1. The minimum atomic E-state index is -0.451. The Balaban J connectivity index is 1.38. The lowest BCUT2D eigenvalue weighted by Gasteiger charge is -2.53. The zero-order valence-corrected chi connectivity index (χ0v) is 25.8. The van der Waals surface area contributed by atoms with Crippen molar-refractivity contribution in [3.8, 4) is 0 Å². The van der Waals surface area contributed by atoms with E-state index in [1.54, 1.807) is 0 Å². The quantitative estimate of drug-likeness (QED) is 0.369. The third-order valence-corrected chi connectivity index (χ3v) is 10.6. The summed E-state index contributed by atoms with van der Waals surface area (Å²) in [4.78, 5) is 29.6. The standard InChI is InChI=1S/C27H37BrIN5O2/c1-17-21(28)20(29)14-19-22(17)30-23(18-6-10-32(5)11-7-18)31-24(19)33-12-8-27(9-13-33)15-34(16-27)25(35)36-26(2,3)4/h14,18H,6-13,15-16H2,1-5H3. The first-order valence-electron chi connectivity index (χ1n) is 13.0. The van der Waals surface area contributed by atoms with E-state index in [1.165, 1.54) is 9.13 Å². The molecule has 3 aliphatic rings. The van der Waals surface area contributed by atoms with Crippen LogP contribution in [0.25, 0.3) is 10.9 Å².